The van der Waals surface area contributed by atoms with Crippen LogP contribution in [0, 0.1) is 0 Å². The van der Waals surface area contributed by atoms with Crippen LogP contribution < -0.4 is 5.32 Å². The average molecular weight is 518 g/mol. The summed E-state index contributed by atoms with van der Waals surface area (Å²) in [6.45, 7) is 0.204. The third-order valence-corrected chi connectivity index (χ3v) is 8.50. The van der Waals surface area contributed by atoms with Gasteiger partial charge in [-0.2, -0.15) is 4.31 Å². The van der Waals surface area contributed by atoms with Crippen molar-refractivity contribution in [3.63, 3.8) is 0 Å². The van der Waals surface area contributed by atoms with Crippen LogP contribution in [0.25, 0.3) is 10.6 Å². The molecule has 0 aliphatic carbocycles. The Hall–Kier alpha value is -1.75. The van der Waals surface area contributed by atoms with Crippen molar-refractivity contribution in [1.29, 1.82) is 0 Å². The minimum absolute atomic E-state index is 0.0483. The monoisotopic (exact) mass is 516 g/mol. The van der Waals surface area contributed by atoms with E-state index in [4.69, 9.17) is 34.8 Å². The summed E-state index contributed by atoms with van der Waals surface area (Å²) in [5, 5.41) is 12.5. The van der Waals surface area contributed by atoms with E-state index in [2.05, 4.69) is 15.5 Å². The number of amides is 1. The summed E-state index contributed by atoms with van der Waals surface area (Å²) in [4.78, 5) is 12.8. The van der Waals surface area contributed by atoms with Gasteiger partial charge in [-0.3, -0.25) is 10.1 Å². The maximum Gasteiger partial charge on any atom is 0.245 e. The highest BCUT2D eigenvalue weighted by molar-refractivity contribution is 7.89. The van der Waals surface area contributed by atoms with Gasteiger partial charge in [0.2, 0.25) is 21.1 Å². The van der Waals surface area contributed by atoms with Crippen molar-refractivity contribution >= 4 is 67.2 Å². The van der Waals surface area contributed by atoms with E-state index >= 15 is 0 Å². The predicted octanol–water partition coefficient (Wildman–Crippen LogP) is 4.96. The number of benzene rings is 2. The molecule has 12 heteroatoms. The summed E-state index contributed by atoms with van der Waals surface area (Å²) < 4.78 is 27.5. The Labute approximate surface area is 198 Å². The second-order valence-corrected chi connectivity index (χ2v) is 10.9. The third kappa shape index (κ3) is 4.72. The van der Waals surface area contributed by atoms with Crippen LogP contribution in [0.15, 0.2) is 47.4 Å². The smallest absolute Gasteiger partial charge is 0.245 e. The Balaban J connectivity index is 1.53. The van der Waals surface area contributed by atoms with E-state index in [1.807, 2.05) is 0 Å². The topological polar surface area (TPSA) is 92.3 Å². The van der Waals surface area contributed by atoms with E-state index in [-0.39, 0.29) is 26.6 Å². The lowest BCUT2D eigenvalue weighted by Crippen LogP contribution is -2.43. The van der Waals surface area contributed by atoms with Gasteiger partial charge in [0.15, 0.2) is 0 Å². The zero-order chi connectivity index (χ0) is 22.2. The summed E-state index contributed by atoms with van der Waals surface area (Å²) in [5.74, 6) is -0.474. The van der Waals surface area contributed by atoms with E-state index in [0.717, 1.165) is 9.87 Å². The Morgan fingerprint density at radius 1 is 1.06 bits per heavy atom. The van der Waals surface area contributed by atoms with Crippen molar-refractivity contribution in [3.05, 3.63) is 57.5 Å². The first-order valence-corrected chi connectivity index (χ1v) is 12.5. The van der Waals surface area contributed by atoms with Crippen molar-refractivity contribution in [1.82, 2.24) is 14.5 Å². The maximum absolute atomic E-state index is 13.2. The first kappa shape index (κ1) is 22.4. The fraction of sp³-hybridized carbons (Fsp3) is 0.211. The van der Waals surface area contributed by atoms with Gasteiger partial charge in [-0.15, -0.1) is 10.2 Å². The lowest BCUT2D eigenvalue weighted by atomic mass is 10.2. The van der Waals surface area contributed by atoms with Crippen molar-refractivity contribution in [2.45, 2.75) is 23.8 Å². The van der Waals surface area contributed by atoms with Crippen molar-refractivity contribution in [2.24, 2.45) is 0 Å². The van der Waals surface area contributed by atoms with E-state index in [0.29, 0.717) is 22.9 Å². The summed E-state index contributed by atoms with van der Waals surface area (Å²) in [5.41, 5.74) is 0.808. The van der Waals surface area contributed by atoms with Gasteiger partial charge in [0.05, 0.1) is 5.02 Å². The second-order valence-electron chi connectivity index (χ2n) is 6.76. The molecule has 3 aromatic rings. The number of halogens is 3. The molecule has 31 heavy (non-hydrogen) atoms. The molecule has 0 saturated carbocycles. The summed E-state index contributed by atoms with van der Waals surface area (Å²) in [7, 11) is -4.01. The minimum atomic E-state index is -4.01. The first-order chi connectivity index (χ1) is 14.8. The Bertz CT molecular complexity index is 1230. The predicted molar refractivity (Wildman–Crippen MR) is 122 cm³/mol. The zero-order valence-corrected chi connectivity index (χ0v) is 19.7. The number of hydrogen-bond acceptors (Lipinski definition) is 6. The molecule has 2 heterocycles. The van der Waals surface area contributed by atoms with Crippen LogP contribution >= 0.6 is 46.1 Å². The number of nitrogens with zero attached hydrogens (tertiary/aromatic N) is 3. The molecule has 1 aliphatic rings. The highest BCUT2D eigenvalue weighted by atomic mass is 35.5. The van der Waals surface area contributed by atoms with Crippen LogP contribution in [0.1, 0.15) is 12.8 Å². The highest BCUT2D eigenvalue weighted by Crippen LogP contribution is 2.33. The molecule has 1 N–H and O–H groups in total. The standard InChI is InChI=1S/C19H15Cl3N4O3S2/c20-12-5-3-11(4-6-12)18-24-25-19(30-18)23-17(27)15-2-1-9-26(15)31(28,29)16-10-13(21)7-8-14(16)22/h3-8,10,15H,1-2,9H2,(H,23,25,27)/t15-/m1/s1. The Kier molecular flexibility index (Phi) is 6.52. The maximum atomic E-state index is 13.2. The molecule has 0 unspecified atom stereocenters. The van der Waals surface area contributed by atoms with Crippen molar-refractivity contribution < 1.29 is 13.2 Å². The normalized spacial score (nSPS) is 17.1. The molecular weight excluding hydrogens is 503 g/mol. The number of carbonyl (C=O) groups excluding carboxylic acids is 1. The van der Waals surface area contributed by atoms with E-state index in [1.165, 1.54) is 29.5 Å². The highest BCUT2D eigenvalue weighted by Gasteiger charge is 2.40. The molecule has 1 aromatic heterocycles. The van der Waals surface area contributed by atoms with E-state index in [1.54, 1.807) is 24.3 Å². The molecule has 2 aromatic carbocycles. The molecular formula is C19H15Cl3N4O3S2. The molecule has 1 amide bonds. The molecule has 1 fully saturated rings. The number of carbonyl (C=O) groups is 1. The molecule has 0 bridgehead atoms. The average Bonchev–Trinajstić information content (AvgIpc) is 3.40. The first-order valence-electron chi connectivity index (χ1n) is 9.13. The number of rotatable bonds is 5. The van der Waals surface area contributed by atoms with Gasteiger partial charge in [-0.05, 0) is 43.2 Å². The number of hydrogen-bond donors (Lipinski definition) is 1. The second kappa shape index (κ2) is 9.01. The fourth-order valence-corrected chi connectivity index (χ4v) is 6.54. The number of nitrogens with one attached hydrogen (secondary N) is 1. The molecule has 0 radical (unpaired) electrons. The molecule has 1 saturated heterocycles. The molecule has 0 spiro atoms. The summed E-state index contributed by atoms with van der Waals surface area (Å²) in [6.07, 6.45) is 0.924. The molecule has 1 aliphatic heterocycles. The number of anilines is 1. The van der Waals surface area contributed by atoms with Crippen LogP contribution in [0.4, 0.5) is 5.13 Å². The number of sulfonamides is 1. The summed E-state index contributed by atoms with van der Waals surface area (Å²) >= 11 is 19.1. The fourth-order valence-electron chi connectivity index (χ4n) is 3.26. The zero-order valence-electron chi connectivity index (χ0n) is 15.8. The van der Waals surface area contributed by atoms with Gasteiger partial charge < -0.3 is 0 Å². The number of aromatic nitrogens is 2. The Morgan fingerprint density at radius 2 is 1.77 bits per heavy atom. The summed E-state index contributed by atoms with van der Waals surface area (Å²) in [6, 6.07) is 10.4. The van der Waals surface area contributed by atoms with Gasteiger partial charge in [0.1, 0.15) is 15.9 Å². The van der Waals surface area contributed by atoms with E-state index in [9.17, 15) is 13.2 Å². The molecule has 162 valence electrons. The van der Waals surface area contributed by atoms with Gasteiger partial charge in [0.25, 0.3) is 0 Å². The quantitative estimate of drug-likeness (QED) is 0.516. The third-order valence-electron chi connectivity index (χ3n) is 4.73. The SMILES string of the molecule is O=C(Nc1nnc(-c2ccc(Cl)cc2)s1)[C@H]1CCCN1S(=O)(=O)c1cc(Cl)ccc1Cl. The molecule has 4 rings (SSSR count). The molecule has 1 atom stereocenters. The van der Waals surface area contributed by atoms with Crippen LogP contribution in [0.5, 0.6) is 0 Å². The van der Waals surface area contributed by atoms with Gasteiger partial charge in [-0.25, -0.2) is 8.42 Å². The minimum Gasteiger partial charge on any atom is -0.299 e. The lowest BCUT2D eigenvalue weighted by Gasteiger charge is -2.23. The van der Waals surface area contributed by atoms with Crippen LogP contribution in [0.3, 0.4) is 0 Å². The lowest BCUT2D eigenvalue weighted by molar-refractivity contribution is -0.119. The van der Waals surface area contributed by atoms with E-state index < -0.39 is 22.0 Å². The van der Waals surface area contributed by atoms with Crippen molar-refractivity contribution in [2.75, 3.05) is 11.9 Å². The van der Waals surface area contributed by atoms with Crippen LogP contribution in [0.2, 0.25) is 15.1 Å². The largest absolute Gasteiger partial charge is 0.299 e. The molecule has 7 nitrogen and oxygen atoms in total. The van der Waals surface area contributed by atoms with Gasteiger partial charge in [-0.1, -0.05) is 58.3 Å². The van der Waals surface area contributed by atoms with Gasteiger partial charge >= 0.3 is 0 Å². The van der Waals surface area contributed by atoms with Gasteiger partial charge in [0, 0.05) is 22.2 Å². The van der Waals surface area contributed by atoms with Crippen molar-refractivity contribution in [3.8, 4) is 10.6 Å². The Morgan fingerprint density at radius 3 is 2.52 bits per heavy atom. The van der Waals surface area contributed by atoms with Crippen LogP contribution in [-0.2, 0) is 14.8 Å². The van der Waals surface area contributed by atoms with Crippen LogP contribution in [-0.4, -0.2) is 41.4 Å².